The van der Waals surface area contributed by atoms with Crippen LogP contribution in [-0.4, -0.2) is 51.6 Å². The Balaban J connectivity index is 1.44. The van der Waals surface area contributed by atoms with Crippen molar-refractivity contribution in [1.82, 2.24) is 20.4 Å². The molecule has 0 saturated carbocycles. The van der Waals surface area contributed by atoms with Gasteiger partial charge in [-0.25, -0.2) is 0 Å². The number of carbonyl (C=O) groups excluding carboxylic acids is 3. The van der Waals surface area contributed by atoms with E-state index in [9.17, 15) is 14.4 Å². The minimum atomic E-state index is -0.689. The lowest BCUT2D eigenvalue weighted by Gasteiger charge is -2.39. The Hall–Kier alpha value is -3.01. The molecule has 4 rings (SSSR count). The second kappa shape index (κ2) is 6.95. The highest BCUT2D eigenvalue weighted by Crippen LogP contribution is 2.31. The van der Waals surface area contributed by atoms with Crippen molar-refractivity contribution in [3.8, 4) is 0 Å². The summed E-state index contributed by atoms with van der Waals surface area (Å²) in [5, 5.41) is 16.8. The lowest BCUT2D eigenvalue weighted by molar-refractivity contribution is -0.134. The van der Waals surface area contributed by atoms with Gasteiger partial charge in [0, 0.05) is 25.1 Å². The van der Waals surface area contributed by atoms with Gasteiger partial charge in [-0.3, -0.25) is 19.7 Å². The van der Waals surface area contributed by atoms with Crippen LogP contribution in [0.4, 0.5) is 10.8 Å². The number of anilines is 2. The quantitative estimate of drug-likeness (QED) is 0.726. The normalized spacial score (nSPS) is 21.9. The van der Waals surface area contributed by atoms with Gasteiger partial charge >= 0.3 is 0 Å². The van der Waals surface area contributed by atoms with E-state index in [0.29, 0.717) is 30.1 Å². The van der Waals surface area contributed by atoms with Crippen molar-refractivity contribution in [2.24, 2.45) is 0 Å². The van der Waals surface area contributed by atoms with E-state index < -0.39 is 5.66 Å². The number of rotatable bonds is 3. The number of fused-ring (bicyclic) bond motifs is 1. The molecule has 3 N–H and O–H groups in total. The Morgan fingerprint density at radius 3 is 2.93 bits per heavy atom. The van der Waals surface area contributed by atoms with Crippen LogP contribution >= 0.6 is 11.3 Å². The number of carbonyl (C=O) groups is 3. The van der Waals surface area contributed by atoms with Gasteiger partial charge in [0.25, 0.3) is 5.91 Å². The Morgan fingerprint density at radius 1 is 1.26 bits per heavy atom. The monoisotopic (exact) mass is 386 g/mol. The lowest BCUT2D eigenvalue weighted by Crippen LogP contribution is -2.58. The van der Waals surface area contributed by atoms with E-state index in [0.717, 1.165) is 5.69 Å². The molecule has 2 aromatic rings. The Labute approximate surface area is 159 Å². The van der Waals surface area contributed by atoms with Crippen LogP contribution in [-0.2, 0) is 9.59 Å². The van der Waals surface area contributed by atoms with Gasteiger partial charge < -0.3 is 15.5 Å². The molecule has 0 aliphatic carbocycles. The summed E-state index contributed by atoms with van der Waals surface area (Å²) in [4.78, 5) is 38.6. The summed E-state index contributed by atoms with van der Waals surface area (Å²) in [5.74, 6) is -0.588. The Bertz CT molecular complexity index is 887. The summed E-state index contributed by atoms with van der Waals surface area (Å²) >= 11 is 1.21. The van der Waals surface area contributed by atoms with Crippen molar-refractivity contribution < 1.29 is 14.4 Å². The largest absolute Gasteiger partial charge is 0.362 e. The van der Waals surface area contributed by atoms with Crippen LogP contribution in [0.25, 0.3) is 0 Å². The highest BCUT2D eigenvalue weighted by Gasteiger charge is 2.40. The molecule has 0 bridgehead atoms. The molecule has 2 aliphatic rings. The smallest absolute Gasteiger partial charge is 0.255 e. The van der Waals surface area contributed by atoms with Gasteiger partial charge in [-0.05, 0) is 18.6 Å². The molecule has 0 radical (unpaired) electrons. The standard InChI is InChI=1S/C17H18N6O3S/c24-13(19-16-22-18-10-27-16)9-23-8-7-17(6-5-14(23)25)20-12-4-2-1-3-11(12)15(26)21-17/h1-4,10,20H,5-9H2,(H,21,26)(H,19,22,24). The average Bonchev–Trinajstić information content (AvgIpc) is 3.11. The van der Waals surface area contributed by atoms with Crippen LogP contribution in [0.3, 0.4) is 0 Å². The SMILES string of the molecule is O=C(CN1CCC2(CCC1=O)NC(=O)c1ccccc1N2)Nc1nncs1. The molecule has 2 aliphatic heterocycles. The zero-order valence-electron chi connectivity index (χ0n) is 14.4. The zero-order valence-corrected chi connectivity index (χ0v) is 15.2. The van der Waals surface area contributed by atoms with Gasteiger partial charge in [-0.15, -0.1) is 10.2 Å². The predicted octanol–water partition coefficient (Wildman–Crippen LogP) is 1.04. The minimum Gasteiger partial charge on any atom is -0.362 e. The van der Waals surface area contributed by atoms with Crippen molar-refractivity contribution in [3.05, 3.63) is 35.3 Å². The number of hydrogen-bond acceptors (Lipinski definition) is 7. The molecule has 140 valence electrons. The van der Waals surface area contributed by atoms with E-state index in [1.54, 1.807) is 6.07 Å². The number of amides is 3. The fourth-order valence-electron chi connectivity index (χ4n) is 3.39. The van der Waals surface area contributed by atoms with Crippen molar-refractivity contribution >= 4 is 39.9 Å². The molecule has 9 nitrogen and oxygen atoms in total. The predicted molar refractivity (Wildman–Crippen MR) is 99.2 cm³/mol. The van der Waals surface area contributed by atoms with Crippen LogP contribution in [0.2, 0.25) is 0 Å². The molecule has 1 unspecified atom stereocenters. The summed E-state index contributed by atoms with van der Waals surface area (Å²) in [6.45, 7) is 0.302. The number of para-hydroxylation sites is 1. The van der Waals surface area contributed by atoms with E-state index in [-0.39, 0.29) is 30.7 Å². The average molecular weight is 386 g/mol. The van der Waals surface area contributed by atoms with Gasteiger partial charge in [0.15, 0.2) is 0 Å². The number of nitrogens with zero attached hydrogens (tertiary/aromatic N) is 3. The maximum atomic E-state index is 12.5. The molecule has 27 heavy (non-hydrogen) atoms. The highest BCUT2D eigenvalue weighted by atomic mass is 32.1. The third-order valence-electron chi connectivity index (χ3n) is 4.77. The molecule has 1 atom stereocenters. The van der Waals surface area contributed by atoms with Crippen molar-refractivity contribution in [3.63, 3.8) is 0 Å². The number of hydrogen-bond donors (Lipinski definition) is 3. The summed E-state index contributed by atoms with van der Waals surface area (Å²) < 4.78 is 0. The van der Waals surface area contributed by atoms with Crippen molar-refractivity contribution in [2.45, 2.75) is 24.9 Å². The van der Waals surface area contributed by atoms with E-state index in [1.807, 2.05) is 18.2 Å². The van der Waals surface area contributed by atoms with Gasteiger partial charge in [0.05, 0.1) is 12.1 Å². The summed E-state index contributed by atoms with van der Waals surface area (Å²) in [5.41, 5.74) is 2.18. The van der Waals surface area contributed by atoms with Crippen LogP contribution in [0.15, 0.2) is 29.8 Å². The van der Waals surface area contributed by atoms with Gasteiger partial charge in [0.1, 0.15) is 11.2 Å². The minimum absolute atomic E-state index is 0.0565. The zero-order chi connectivity index (χ0) is 18.9. The first-order valence-electron chi connectivity index (χ1n) is 8.58. The van der Waals surface area contributed by atoms with Gasteiger partial charge in [-0.1, -0.05) is 23.5 Å². The molecule has 3 amide bonds. The van der Waals surface area contributed by atoms with E-state index >= 15 is 0 Å². The summed E-state index contributed by atoms with van der Waals surface area (Å²) in [7, 11) is 0. The third-order valence-corrected chi connectivity index (χ3v) is 5.37. The Morgan fingerprint density at radius 2 is 2.11 bits per heavy atom. The second-order valence-corrected chi connectivity index (χ2v) is 7.40. The molecule has 1 aromatic carbocycles. The van der Waals surface area contributed by atoms with Crippen molar-refractivity contribution in [2.75, 3.05) is 23.7 Å². The van der Waals surface area contributed by atoms with Gasteiger partial charge in [-0.2, -0.15) is 0 Å². The van der Waals surface area contributed by atoms with Crippen LogP contribution in [0, 0.1) is 0 Å². The van der Waals surface area contributed by atoms with Crippen LogP contribution in [0.1, 0.15) is 29.6 Å². The number of benzene rings is 1. The first kappa shape index (κ1) is 17.4. The molecule has 10 heteroatoms. The molecule has 1 aromatic heterocycles. The first-order chi connectivity index (χ1) is 13.0. The van der Waals surface area contributed by atoms with Gasteiger partial charge in [0.2, 0.25) is 16.9 Å². The summed E-state index contributed by atoms with van der Waals surface area (Å²) in [6.07, 6.45) is 1.20. The van der Waals surface area contributed by atoms with Crippen LogP contribution < -0.4 is 16.0 Å². The molecule has 1 fully saturated rings. The fourth-order valence-corrected chi connectivity index (χ4v) is 3.86. The maximum Gasteiger partial charge on any atom is 0.255 e. The Kier molecular flexibility index (Phi) is 4.48. The first-order valence-corrected chi connectivity index (χ1v) is 9.46. The molecular formula is C17H18N6O3S. The topological polar surface area (TPSA) is 116 Å². The van der Waals surface area contributed by atoms with Crippen molar-refractivity contribution in [1.29, 1.82) is 0 Å². The fraction of sp³-hybridized carbons (Fsp3) is 0.353. The number of aromatic nitrogens is 2. The van der Waals surface area contributed by atoms with E-state index in [2.05, 4.69) is 26.1 Å². The molecule has 1 saturated heterocycles. The molecule has 3 heterocycles. The lowest BCUT2D eigenvalue weighted by atomic mass is 9.95. The van der Waals surface area contributed by atoms with Crippen LogP contribution in [0.5, 0.6) is 0 Å². The number of nitrogens with one attached hydrogen (secondary N) is 3. The number of likely N-dealkylation sites (tertiary alicyclic amines) is 1. The third kappa shape index (κ3) is 3.61. The van der Waals surface area contributed by atoms with E-state index in [4.69, 9.17) is 0 Å². The molecule has 1 spiro atoms. The maximum absolute atomic E-state index is 12.5. The van der Waals surface area contributed by atoms with E-state index in [1.165, 1.54) is 21.7 Å². The molecular weight excluding hydrogens is 368 g/mol. The summed E-state index contributed by atoms with van der Waals surface area (Å²) in [6, 6.07) is 7.30. The second-order valence-electron chi connectivity index (χ2n) is 6.56. The highest BCUT2D eigenvalue weighted by molar-refractivity contribution is 7.13.